The number of hydrogen-bond acceptors (Lipinski definition) is 7. The van der Waals surface area contributed by atoms with Crippen molar-refractivity contribution in [2.75, 3.05) is 36.4 Å². The minimum atomic E-state index is -0.439. The number of non-ortho nitro benzene ring substituents is 1. The van der Waals surface area contributed by atoms with Crippen molar-refractivity contribution in [3.05, 3.63) is 68.0 Å². The van der Waals surface area contributed by atoms with Gasteiger partial charge >= 0.3 is 0 Å². The second kappa shape index (κ2) is 8.50. The summed E-state index contributed by atoms with van der Waals surface area (Å²) in [6.07, 6.45) is 0. The molecular weight excluding hydrogens is 446 g/mol. The first-order chi connectivity index (χ1) is 14.4. The zero-order chi connectivity index (χ0) is 21.3. The van der Waals surface area contributed by atoms with Gasteiger partial charge in [0.25, 0.3) is 11.2 Å². The van der Waals surface area contributed by atoms with Gasteiger partial charge in [0.15, 0.2) is 10.2 Å². The smallest absolute Gasteiger partial charge is 0.281 e. The first-order valence-electron chi connectivity index (χ1n) is 9.06. The molecule has 0 unspecified atom stereocenters. The molecule has 2 aromatic carbocycles. The lowest BCUT2D eigenvalue weighted by molar-refractivity contribution is -0.384. The fraction of sp³-hybridized carbons (Fsp3) is 0.211. The highest BCUT2D eigenvalue weighted by Crippen LogP contribution is 2.27. The number of aromatic nitrogens is 1. The third-order valence-electron chi connectivity index (χ3n) is 4.74. The van der Waals surface area contributed by atoms with Gasteiger partial charge in [0, 0.05) is 53.7 Å². The number of fused-ring (bicyclic) bond motifs is 1. The highest BCUT2D eigenvalue weighted by Gasteiger charge is 2.21. The van der Waals surface area contributed by atoms with E-state index in [1.54, 1.807) is 24.3 Å². The van der Waals surface area contributed by atoms with E-state index in [9.17, 15) is 14.9 Å². The van der Waals surface area contributed by atoms with E-state index in [0.29, 0.717) is 52.5 Å². The molecule has 1 N–H and O–H groups in total. The average Bonchev–Trinajstić information content (AvgIpc) is 2.74. The maximum atomic E-state index is 12.4. The molecule has 0 atom stereocenters. The van der Waals surface area contributed by atoms with Crippen molar-refractivity contribution in [2.45, 2.75) is 0 Å². The van der Waals surface area contributed by atoms with Crippen LogP contribution in [0.5, 0.6) is 0 Å². The zero-order valence-corrected chi connectivity index (χ0v) is 18.0. The molecule has 0 amide bonds. The van der Waals surface area contributed by atoms with Crippen molar-refractivity contribution in [3.8, 4) is 0 Å². The van der Waals surface area contributed by atoms with E-state index in [2.05, 4.69) is 15.2 Å². The summed E-state index contributed by atoms with van der Waals surface area (Å²) in [5, 5.41) is 16.2. The van der Waals surface area contributed by atoms with Crippen LogP contribution in [0.2, 0.25) is 5.02 Å². The van der Waals surface area contributed by atoms with Crippen molar-refractivity contribution in [2.24, 2.45) is 0 Å². The molecule has 0 spiro atoms. The van der Waals surface area contributed by atoms with Crippen LogP contribution < -0.4 is 15.8 Å². The van der Waals surface area contributed by atoms with Crippen LogP contribution in [-0.2, 0) is 0 Å². The van der Waals surface area contributed by atoms with Gasteiger partial charge in [-0.15, -0.1) is 0 Å². The maximum Gasteiger partial charge on any atom is 0.281 e. The SMILES string of the molecule is O=c1nc(N2CCN(C(=S)Nc3ccc([N+](=O)[O-])cc3)CC2)sc2ccc(Cl)cc12. The summed E-state index contributed by atoms with van der Waals surface area (Å²) in [5.74, 6) is 0. The molecule has 11 heteroatoms. The van der Waals surface area contributed by atoms with E-state index < -0.39 is 4.92 Å². The first kappa shape index (κ1) is 20.5. The Morgan fingerprint density at radius 3 is 2.53 bits per heavy atom. The Labute approximate surface area is 185 Å². The molecule has 154 valence electrons. The number of nitro benzene ring substituents is 1. The van der Waals surface area contributed by atoms with Gasteiger partial charge in [-0.1, -0.05) is 22.9 Å². The summed E-state index contributed by atoms with van der Waals surface area (Å²) < 4.78 is 0.854. The fourth-order valence-corrected chi connectivity index (χ4v) is 4.63. The molecule has 0 aliphatic carbocycles. The largest absolute Gasteiger partial charge is 0.345 e. The van der Waals surface area contributed by atoms with Crippen molar-refractivity contribution in [1.82, 2.24) is 9.88 Å². The standard InChI is InChI=1S/C19H16ClN5O3S2/c20-12-1-6-16-15(11-12)17(26)22-19(30-16)24-9-7-23(8-10-24)18(29)21-13-2-4-14(5-3-13)25(27)28/h1-6,11H,7-10H2,(H,21,29). The van der Waals surface area contributed by atoms with Crippen LogP contribution in [0.3, 0.4) is 0 Å². The molecule has 1 saturated heterocycles. The number of nitro groups is 1. The summed E-state index contributed by atoms with van der Waals surface area (Å²) >= 11 is 12.9. The summed E-state index contributed by atoms with van der Waals surface area (Å²) in [6.45, 7) is 2.67. The Bertz CT molecular complexity index is 1180. The van der Waals surface area contributed by atoms with Crippen LogP contribution in [-0.4, -0.2) is 46.1 Å². The predicted molar refractivity (Wildman–Crippen MR) is 124 cm³/mol. The summed E-state index contributed by atoms with van der Waals surface area (Å²) in [7, 11) is 0. The van der Waals surface area contributed by atoms with E-state index in [1.807, 2.05) is 11.0 Å². The van der Waals surface area contributed by atoms with Gasteiger partial charge in [-0.3, -0.25) is 14.9 Å². The maximum absolute atomic E-state index is 12.4. The Morgan fingerprint density at radius 2 is 1.87 bits per heavy atom. The number of halogens is 1. The number of thiocarbonyl (C=S) groups is 1. The summed E-state index contributed by atoms with van der Waals surface area (Å²) in [5.41, 5.74) is 0.448. The van der Waals surface area contributed by atoms with Gasteiger partial charge < -0.3 is 15.1 Å². The highest BCUT2D eigenvalue weighted by atomic mass is 35.5. The second-order valence-corrected chi connectivity index (χ2v) is 8.48. The number of rotatable bonds is 3. The Kier molecular flexibility index (Phi) is 5.80. The highest BCUT2D eigenvalue weighted by molar-refractivity contribution is 7.80. The third-order valence-corrected chi connectivity index (χ3v) is 6.44. The third kappa shape index (κ3) is 4.35. The van der Waals surface area contributed by atoms with Crippen molar-refractivity contribution in [3.63, 3.8) is 0 Å². The molecule has 3 aromatic rings. The normalized spacial score (nSPS) is 14.0. The Balaban J connectivity index is 1.40. The molecule has 30 heavy (non-hydrogen) atoms. The molecule has 0 bridgehead atoms. The van der Waals surface area contributed by atoms with Crippen molar-refractivity contribution >= 4 is 66.9 Å². The van der Waals surface area contributed by atoms with E-state index in [-0.39, 0.29) is 11.2 Å². The molecule has 1 aliphatic rings. The molecule has 1 aromatic heterocycles. The molecule has 1 fully saturated rings. The van der Waals surface area contributed by atoms with E-state index in [0.717, 1.165) is 4.70 Å². The molecule has 0 radical (unpaired) electrons. The van der Waals surface area contributed by atoms with Gasteiger partial charge in [0.1, 0.15) is 0 Å². The van der Waals surface area contributed by atoms with Gasteiger partial charge in [0.2, 0.25) is 0 Å². The van der Waals surface area contributed by atoms with Crippen LogP contribution >= 0.6 is 35.2 Å². The van der Waals surface area contributed by atoms with Crippen LogP contribution in [0.1, 0.15) is 0 Å². The molecule has 2 heterocycles. The van der Waals surface area contributed by atoms with Crippen LogP contribution in [0.4, 0.5) is 16.5 Å². The van der Waals surface area contributed by atoms with Crippen LogP contribution in [0.15, 0.2) is 47.3 Å². The zero-order valence-electron chi connectivity index (χ0n) is 15.6. The van der Waals surface area contributed by atoms with E-state index in [4.69, 9.17) is 23.8 Å². The number of hydrogen-bond donors (Lipinski definition) is 1. The van der Waals surface area contributed by atoms with Gasteiger partial charge in [0.05, 0.1) is 10.3 Å². The van der Waals surface area contributed by atoms with E-state index in [1.165, 1.54) is 23.5 Å². The van der Waals surface area contributed by atoms with E-state index >= 15 is 0 Å². The predicted octanol–water partition coefficient (Wildman–Crippen LogP) is 3.74. The summed E-state index contributed by atoms with van der Waals surface area (Å²) in [4.78, 5) is 31.0. The fourth-order valence-electron chi connectivity index (χ4n) is 3.13. The lowest BCUT2D eigenvalue weighted by Gasteiger charge is -2.36. The Morgan fingerprint density at radius 1 is 1.17 bits per heavy atom. The van der Waals surface area contributed by atoms with Crippen molar-refractivity contribution < 1.29 is 4.92 Å². The van der Waals surface area contributed by atoms with Gasteiger partial charge in [-0.25, -0.2) is 0 Å². The Hall–Kier alpha value is -2.82. The molecule has 0 saturated carbocycles. The minimum absolute atomic E-state index is 0.0317. The van der Waals surface area contributed by atoms with Crippen molar-refractivity contribution in [1.29, 1.82) is 0 Å². The minimum Gasteiger partial charge on any atom is -0.345 e. The number of anilines is 2. The van der Waals surface area contributed by atoms with Gasteiger partial charge in [-0.2, -0.15) is 4.98 Å². The monoisotopic (exact) mass is 461 g/mol. The quantitative estimate of drug-likeness (QED) is 0.358. The first-order valence-corrected chi connectivity index (χ1v) is 10.7. The summed E-state index contributed by atoms with van der Waals surface area (Å²) in [6, 6.07) is 11.4. The van der Waals surface area contributed by atoms with Crippen LogP contribution in [0.25, 0.3) is 10.1 Å². The topological polar surface area (TPSA) is 91.6 Å². The molecule has 8 nitrogen and oxygen atoms in total. The number of benzene rings is 2. The lowest BCUT2D eigenvalue weighted by atomic mass is 10.3. The molecule has 1 aliphatic heterocycles. The molecular formula is C19H16ClN5O3S2. The number of nitrogens with one attached hydrogen (secondary N) is 1. The molecule has 4 rings (SSSR count). The van der Waals surface area contributed by atoms with Gasteiger partial charge in [-0.05, 0) is 42.5 Å². The second-order valence-electron chi connectivity index (χ2n) is 6.65. The number of piperazine rings is 1. The lowest BCUT2D eigenvalue weighted by Crippen LogP contribution is -2.50. The number of nitrogens with zero attached hydrogens (tertiary/aromatic N) is 4. The average molecular weight is 462 g/mol. The van der Waals surface area contributed by atoms with Crippen LogP contribution in [0, 0.1) is 10.1 Å².